The fourth-order valence-electron chi connectivity index (χ4n) is 2.19. The Kier molecular flexibility index (Phi) is 4.17. The number of carboxylic acids is 1. The van der Waals surface area contributed by atoms with Gasteiger partial charge in [0.1, 0.15) is 5.92 Å². The highest BCUT2D eigenvalue weighted by atomic mass is 19.2. The van der Waals surface area contributed by atoms with E-state index in [0.29, 0.717) is 6.07 Å². The van der Waals surface area contributed by atoms with Crippen LogP contribution in [0.1, 0.15) is 10.4 Å². The van der Waals surface area contributed by atoms with Crippen molar-refractivity contribution in [2.75, 3.05) is 20.3 Å². The standard InChI is InChI=1S/C13H12F3NO4/c1-17(9-5-21-4-7(9)13(19)20)12(18)6-2-3-8(14)11(16)10(6)15/h2-3,7,9H,4-5H2,1H3,(H,19,20). The summed E-state index contributed by atoms with van der Waals surface area (Å²) >= 11 is 0. The van der Waals surface area contributed by atoms with Crippen molar-refractivity contribution in [2.24, 2.45) is 5.92 Å². The van der Waals surface area contributed by atoms with E-state index in [4.69, 9.17) is 9.84 Å². The lowest BCUT2D eigenvalue weighted by Gasteiger charge is -2.26. The molecule has 1 aromatic rings. The molecular formula is C13H12F3NO4. The molecule has 8 heteroatoms. The molecule has 1 aliphatic heterocycles. The SMILES string of the molecule is CN(C(=O)c1ccc(F)c(F)c1F)C1COCC1C(=O)O. The molecule has 1 fully saturated rings. The minimum atomic E-state index is -1.74. The van der Waals surface area contributed by atoms with E-state index in [9.17, 15) is 22.8 Å². The molecule has 1 saturated heterocycles. The zero-order valence-electron chi connectivity index (χ0n) is 11.0. The van der Waals surface area contributed by atoms with Gasteiger partial charge in [0.25, 0.3) is 5.91 Å². The molecule has 1 heterocycles. The Labute approximate surface area is 117 Å². The van der Waals surface area contributed by atoms with Crippen molar-refractivity contribution in [3.63, 3.8) is 0 Å². The highest BCUT2D eigenvalue weighted by Gasteiger charge is 2.39. The molecule has 1 N–H and O–H groups in total. The molecule has 2 atom stereocenters. The molecule has 1 aromatic carbocycles. The minimum absolute atomic E-state index is 0.0233. The summed E-state index contributed by atoms with van der Waals surface area (Å²) in [6, 6.07) is 0.653. The van der Waals surface area contributed by atoms with Crippen LogP contribution in [-0.4, -0.2) is 48.2 Å². The average Bonchev–Trinajstić information content (AvgIpc) is 2.93. The van der Waals surface area contributed by atoms with Gasteiger partial charge in [-0.05, 0) is 12.1 Å². The van der Waals surface area contributed by atoms with Crippen LogP contribution in [0.25, 0.3) is 0 Å². The predicted octanol–water partition coefficient (Wildman–Crippen LogP) is 1.28. The topological polar surface area (TPSA) is 66.8 Å². The van der Waals surface area contributed by atoms with Crippen molar-refractivity contribution in [1.82, 2.24) is 4.90 Å². The van der Waals surface area contributed by atoms with Crippen molar-refractivity contribution in [2.45, 2.75) is 6.04 Å². The fourth-order valence-corrected chi connectivity index (χ4v) is 2.19. The number of carbonyl (C=O) groups excluding carboxylic acids is 1. The van der Waals surface area contributed by atoms with Crippen LogP contribution in [0, 0.1) is 23.4 Å². The van der Waals surface area contributed by atoms with Crippen LogP contribution in [0.15, 0.2) is 12.1 Å². The van der Waals surface area contributed by atoms with E-state index in [-0.39, 0.29) is 13.2 Å². The van der Waals surface area contributed by atoms with E-state index >= 15 is 0 Å². The molecule has 0 radical (unpaired) electrons. The lowest BCUT2D eigenvalue weighted by molar-refractivity contribution is -0.142. The molecule has 0 bridgehead atoms. The largest absolute Gasteiger partial charge is 0.481 e. The van der Waals surface area contributed by atoms with Crippen LogP contribution >= 0.6 is 0 Å². The van der Waals surface area contributed by atoms with Gasteiger partial charge in [-0.2, -0.15) is 0 Å². The Hall–Kier alpha value is -2.09. The summed E-state index contributed by atoms with van der Waals surface area (Å²) in [5, 5.41) is 9.02. The molecule has 114 valence electrons. The van der Waals surface area contributed by atoms with Crippen LogP contribution in [0.2, 0.25) is 0 Å². The number of ether oxygens (including phenoxy) is 1. The molecule has 0 aliphatic carbocycles. The molecule has 0 saturated carbocycles. The second kappa shape index (κ2) is 5.72. The maximum atomic E-state index is 13.6. The van der Waals surface area contributed by atoms with Crippen molar-refractivity contribution in [3.8, 4) is 0 Å². The number of rotatable bonds is 3. The summed E-state index contributed by atoms with van der Waals surface area (Å²) in [5.41, 5.74) is -0.660. The Morgan fingerprint density at radius 2 is 1.90 bits per heavy atom. The molecule has 1 aliphatic rings. The van der Waals surface area contributed by atoms with E-state index in [1.807, 2.05) is 0 Å². The average molecular weight is 303 g/mol. The first kappa shape index (κ1) is 15.3. The summed E-state index contributed by atoms with van der Waals surface area (Å²) in [4.78, 5) is 24.1. The van der Waals surface area contributed by atoms with Crippen LogP contribution in [0.5, 0.6) is 0 Å². The maximum absolute atomic E-state index is 13.6. The first-order chi connectivity index (χ1) is 9.84. The van der Waals surface area contributed by atoms with Gasteiger partial charge in [0.2, 0.25) is 0 Å². The Balaban J connectivity index is 2.28. The van der Waals surface area contributed by atoms with E-state index in [1.165, 1.54) is 7.05 Å². The van der Waals surface area contributed by atoms with Gasteiger partial charge in [-0.1, -0.05) is 0 Å². The second-order valence-electron chi connectivity index (χ2n) is 4.69. The van der Waals surface area contributed by atoms with Crippen molar-refractivity contribution >= 4 is 11.9 Å². The summed E-state index contributed by atoms with van der Waals surface area (Å²) < 4.78 is 44.6. The number of aliphatic carboxylic acids is 1. The molecular weight excluding hydrogens is 291 g/mol. The van der Waals surface area contributed by atoms with Crippen molar-refractivity contribution in [3.05, 3.63) is 35.1 Å². The zero-order chi connectivity index (χ0) is 15.7. The third-order valence-electron chi connectivity index (χ3n) is 3.45. The number of hydrogen-bond acceptors (Lipinski definition) is 3. The highest BCUT2D eigenvalue weighted by Crippen LogP contribution is 2.23. The van der Waals surface area contributed by atoms with Gasteiger partial charge >= 0.3 is 5.97 Å². The van der Waals surface area contributed by atoms with E-state index < -0.39 is 46.9 Å². The third-order valence-corrected chi connectivity index (χ3v) is 3.45. The lowest BCUT2D eigenvalue weighted by Crippen LogP contribution is -2.44. The monoisotopic (exact) mass is 303 g/mol. The first-order valence-corrected chi connectivity index (χ1v) is 6.05. The fraction of sp³-hybridized carbons (Fsp3) is 0.385. The van der Waals surface area contributed by atoms with Gasteiger partial charge in [-0.25, -0.2) is 13.2 Å². The van der Waals surface area contributed by atoms with E-state index in [0.717, 1.165) is 11.0 Å². The Morgan fingerprint density at radius 3 is 2.52 bits per heavy atom. The summed E-state index contributed by atoms with van der Waals surface area (Å²) in [5.74, 6) is -7.79. The maximum Gasteiger partial charge on any atom is 0.311 e. The smallest absolute Gasteiger partial charge is 0.311 e. The summed E-state index contributed by atoms with van der Waals surface area (Å²) in [6.45, 7) is -0.0949. The van der Waals surface area contributed by atoms with Gasteiger partial charge in [0.05, 0.1) is 24.8 Å². The number of halogens is 3. The van der Waals surface area contributed by atoms with Crippen LogP contribution < -0.4 is 0 Å². The normalized spacial score (nSPS) is 21.3. The summed E-state index contributed by atoms with van der Waals surface area (Å²) in [7, 11) is 1.26. The van der Waals surface area contributed by atoms with Gasteiger partial charge in [0, 0.05) is 7.05 Å². The molecule has 0 spiro atoms. The van der Waals surface area contributed by atoms with E-state index in [1.54, 1.807) is 0 Å². The van der Waals surface area contributed by atoms with Crippen LogP contribution in [0.3, 0.4) is 0 Å². The quantitative estimate of drug-likeness (QED) is 0.854. The number of likely N-dealkylation sites (N-methyl/N-ethyl adjacent to an activating group) is 1. The predicted molar refractivity (Wildman–Crippen MR) is 64.1 cm³/mol. The van der Waals surface area contributed by atoms with Crippen molar-refractivity contribution in [1.29, 1.82) is 0 Å². The van der Waals surface area contributed by atoms with Gasteiger partial charge in [-0.15, -0.1) is 0 Å². The zero-order valence-corrected chi connectivity index (χ0v) is 11.0. The number of hydrogen-bond donors (Lipinski definition) is 1. The lowest BCUT2D eigenvalue weighted by atomic mass is 10.0. The number of benzene rings is 1. The molecule has 0 aromatic heterocycles. The van der Waals surface area contributed by atoms with Gasteiger partial charge in [0.15, 0.2) is 17.5 Å². The van der Waals surface area contributed by atoms with Crippen LogP contribution in [-0.2, 0) is 9.53 Å². The number of carboxylic acid groups (broad SMARTS) is 1. The molecule has 1 amide bonds. The molecule has 21 heavy (non-hydrogen) atoms. The molecule has 5 nitrogen and oxygen atoms in total. The number of amides is 1. The number of carbonyl (C=O) groups is 2. The summed E-state index contributed by atoms with van der Waals surface area (Å²) in [6.07, 6.45) is 0. The minimum Gasteiger partial charge on any atom is -0.481 e. The highest BCUT2D eigenvalue weighted by molar-refractivity contribution is 5.95. The van der Waals surface area contributed by atoms with Gasteiger partial charge < -0.3 is 14.7 Å². The van der Waals surface area contributed by atoms with E-state index in [2.05, 4.69) is 0 Å². The molecule has 2 unspecified atom stereocenters. The molecule has 2 rings (SSSR count). The number of nitrogens with zero attached hydrogens (tertiary/aromatic N) is 1. The first-order valence-electron chi connectivity index (χ1n) is 6.05. The Morgan fingerprint density at radius 1 is 1.24 bits per heavy atom. The Bertz CT molecular complexity index is 593. The van der Waals surface area contributed by atoms with Gasteiger partial charge in [-0.3, -0.25) is 9.59 Å². The van der Waals surface area contributed by atoms with Crippen LogP contribution in [0.4, 0.5) is 13.2 Å². The second-order valence-corrected chi connectivity index (χ2v) is 4.69. The third kappa shape index (κ3) is 2.71. The van der Waals surface area contributed by atoms with Crippen molar-refractivity contribution < 1.29 is 32.6 Å².